The third-order valence-electron chi connectivity index (χ3n) is 3.76. The fraction of sp³-hybridized carbons (Fsp3) is 0.333. The summed E-state index contributed by atoms with van der Waals surface area (Å²) in [6, 6.07) is 7.69. The van der Waals surface area contributed by atoms with E-state index in [2.05, 4.69) is 4.98 Å². The van der Waals surface area contributed by atoms with Crippen molar-refractivity contribution >= 4 is 22.6 Å². The van der Waals surface area contributed by atoms with Crippen LogP contribution >= 0.6 is 0 Å². The Morgan fingerprint density at radius 1 is 1.32 bits per heavy atom. The van der Waals surface area contributed by atoms with Crippen LogP contribution in [0.3, 0.4) is 0 Å². The summed E-state index contributed by atoms with van der Waals surface area (Å²) in [4.78, 5) is 29.0. The Hall–Kier alpha value is -2.10. The number of aromatic amines is 1. The number of H-pyrrole nitrogens is 1. The number of hydrogen-bond donors (Lipinski definition) is 1. The van der Waals surface area contributed by atoms with Gasteiger partial charge in [0.05, 0.1) is 12.1 Å². The zero-order chi connectivity index (χ0) is 13.6. The van der Waals surface area contributed by atoms with E-state index in [4.69, 9.17) is 0 Å². The molecule has 0 spiro atoms. The van der Waals surface area contributed by atoms with E-state index in [0.29, 0.717) is 12.0 Å². The van der Waals surface area contributed by atoms with E-state index in [0.717, 1.165) is 10.9 Å². The molecule has 1 aromatic heterocycles. The number of nitrogens with one attached hydrogen (secondary N) is 1. The number of likely N-dealkylation sites (tertiary alicyclic amines) is 1. The van der Waals surface area contributed by atoms with Crippen molar-refractivity contribution in [2.24, 2.45) is 0 Å². The number of nitrogens with zero attached hydrogens (tertiary/aromatic N) is 1. The number of ketones is 1. The number of para-hydroxylation sites is 1. The van der Waals surface area contributed by atoms with Crippen molar-refractivity contribution in [3.05, 3.63) is 36.0 Å². The monoisotopic (exact) mass is 256 g/mol. The maximum atomic E-state index is 12.6. The molecule has 0 unspecified atom stereocenters. The zero-order valence-electron chi connectivity index (χ0n) is 11.1. The van der Waals surface area contributed by atoms with Gasteiger partial charge in [-0.1, -0.05) is 18.2 Å². The van der Waals surface area contributed by atoms with Crippen LogP contribution in [0.25, 0.3) is 10.9 Å². The Bertz CT molecular complexity index is 670. The number of carbonyl (C=O) groups excluding carboxylic acids is 2. The van der Waals surface area contributed by atoms with Crippen molar-refractivity contribution in [3.63, 3.8) is 0 Å². The molecule has 98 valence electrons. The Balaban J connectivity index is 2.03. The van der Waals surface area contributed by atoms with Crippen molar-refractivity contribution < 1.29 is 9.59 Å². The summed E-state index contributed by atoms with van der Waals surface area (Å²) in [6.07, 6.45) is 2.16. The van der Waals surface area contributed by atoms with Crippen LogP contribution in [0, 0.1) is 0 Å². The minimum atomic E-state index is -0.396. The molecule has 0 radical (unpaired) electrons. The normalized spacial score (nSPS) is 18.2. The summed E-state index contributed by atoms with van der Waals surface area (Å²) in [5.41, 5.74) is 1.18. The smallest absolute Gasteiger partial charge is 0.256 e. The molecule has 1 amide bonds. The third kappa shape index (κ3) is 1.84. The molecule has 1 saturated heterocycles. The van der Waals surface area contributed by atoms with Gasteiger partial charge in [-0.2, -0.15) is 0 Å². The highest BCUT2D eigenvalue weighted by atomic mass is 16.2. The molecule has 4 nitrogen and oxygen atoms in total. The maximum absolute atomic E-state index is 12.6. The molecular formula is C15H16N2O2. The maximum Gasteiger partial charge on any atom is 0.256 e. The van der Waals surface area contributed by atoms with E-state index in [9.17, 15) is 9.59 Å². The first-order valence-corrected chi connectivity index (χ1v) is 6.39. The molecule has 3 rings (SSSR count). The molecule has 2 heterocycles. The largest absolute Gasteiger partial charge is 0.360 e. The molecular weight excluding hydrogens is 240 g/mol. The Morgan fingerprint density at radius 3 is 2.74 bits per heavy atom. The first-order valence-electron chi connectivity index (χ1n) is 6.39. The van der Waals surface area contributed by atoms with Crippen molar-refractivity contribution in [1.29, 1.82) is 0 Å². The molecule has 0 atom stereocenters. The second-order valence-corrected chi connectivity index (χ2v) is 5.67. The average molecular weight is 256 g/mol. The number of amides is 1. The second-order valence-electron chi connectivity index (χ2n) is 5.67. The lowest BCUT2D eigenvalue weighted by molar-refractivity contribution is -0.116. The van der Waals surface area contributed by atoms with Crippen LogP contribution in [0.5, 0.6) is 0 Å². The summed E-state index contributed by atoms with van der Waals surface area (Å²) in [5, 5.41) is 0.905. The Labute approximate surface area is 111 Å². The van der Waals surface area contributed by atoms with E-state index in [1.165, 1.54) is 0 Å². The summed E-state index contributed by atoms with van der Waals surface area (Å²) in [6.45, 7) is 4.08. The molecule has 2 aromatic rings. The molecule has 1 fully saturated rings. The first kappa shape index (κ1) is 12.0. The van der Waals surface area contributed by atoms with Gasteiger partial charge >= 0.3 is 0 Å². The van der Waals surface area contributed by atoms with Crippen molar-refractivity contribution in [2.75, 3.05) is 6.54 Å². The fourth-order valence-corrected chi connectivity index (χ4v) is 2.76. The number of benzene rings is 1. The van der Waals surface area contributed by atoms with Gasteiger partial charge in [-0.15, -0.1) is 0 Å². The Morgan fingerprint density at radius 2 is 2.05 bits per heavy atom. The highest BCUT2D eigenvalue weighted by molar-refractivity contribution is 6.08. The van der Waals surface area contributed by atoms with Gasteiger partial charge in [0.1, 0.15) is 0 Å². The van der Waals surface area contributed by atoms with Crippen LogP contribution in [-0.4, -0.2) is 33.7 Å². The highest BCUT2D eigenvalue weighted by Crippen LogP contribution is 2.29. The van der Waals surface area contributed by atoms with E-state index < -0.39 is 5.54 Å². The summed E-state index contributed by atoms with van der Waals surface area (Å²) in [7, 11) is 0. The van der Waals surface area contributed by atoms with Gasteiger partial charge in [-0.05, 0) is 19.9 Å². The van der Waals surface area contributed by atoms with Crippen molar-refractivity contribution in [2.45, 2.75) is 25.8 Å². The second kappa shape index (κ2) is 3.95. The minimum absolute atomic E-state index is 0.0756. The van der Waals surface area contributed by atoms with Crippen LogP contribution in [0.2, 0.25) is 0 Å². The zero-order valence-corrected chi connectivity index (χ0v) is 11.1. The van der Waals surface area contributed by atoms with Crippen LogP contribution in [0.1, 0.15) is 30.6 Å². The number of aromatic nitrogens is 1. The molecule has 1 aromatic carbocycles. The molecule has 1 N–H and O–H groups in total. The lowest BCUT2D eigenvalue weighted by atomic mass is 10.0. The predicted molar refractivity (Wildman–Crippen MR) is 73.0 cm³/mol. The SMILES string of the molecule is CC1(C)CC(=O)CN1C(=O)c1c[nH]c2ccccc12. The lowest BCUT2D eigenvalue weighted by Gasteiger charge is -2.30. The predicted octanol–water partition coefficient (Wildman–Crippen LogP) is 2.36. The molecule has 0 aliphatic carbocycles. The first-order chi connectivity index (χ1) is 8.99. The minimum Gasteiger partial charge on any atom is -0.360 e. The lowest BCUT2D eigenvalue weighted by Crippen LogP contribution is -2.42. The molecule has 0 saturated carbocycles. The van der Waals surface area contributed by atoms with Gasteiger partial charge in [0.15, 0.2) is 5.78 Å². The summed E-state index contributed by atoms with van der Waals surface area (Å²) in [5.74, 6) is 0.0477. The number of fused-ring (bicyclic) bond motifs is 1. The standard InChI is InChI=1S/C15H16N2O2/c1-15(2)7-10(18)9-17(15)14(19)12-8-16-13-6-4-3-5-11(12)13/h3-6,8,16H,7,9H2,1-2H3. The number of hydrogen-bond acceptors (Lipinski definition) is 2. The molecule has 1 aliphatic heterocycles. The van der Waals surface area contributed by atoms with Gasteiger partial charge in [0.25, 0.3) is 5.91 Å². The van der Waals surface area contributed by atoms with Gasteiger partial charge < -0.3 is 9.88 Å². The van der Waals surface area contributed by atoms with E-state index in [1.54, 1.807) is 11.1 Å². The molecule has 1 aliphatic rings. The number of rotatable bonds is 1. The van der Waals surface area contributed by atoms with Gasteiger partial charge in [-0.3, -0.25) is 9.59 Å². The van der Waals surface area contributed by atoms with Gasteiger partial charge in [0, 0.05) is 29.1 Å². The van der Waals surface area contributed by atoms with E-state index in [-0.39, 0.29) is 18.2 Å². The summed E-state index contributed by atoms with van der Waals surface area (Å²) >= 11 is 0. The quantitative estimate of drug-likeness (QED) is 0.851. The Kier molecular flexibility index (Phi) is 2.49. The van der Waals surface area contributed by atoms with Crippen LogP contribution in [0.4, 0.5) is 0 Å². The van der Waals surface area contributed by atoms with Crippen molar-refractivity contribution in [3.8, 4) is 0 Å². The molecule has 0 bridgehead atoms. The van der Waals surface area contributed by atoms with Crippen LogP contribution in [-0.2, 0) is 4.79 Å². The molecule has 19 heavy (non-hydrogen) atoms. The van der Waals surface area contributed by atoms with E-state index >= 15 is 0 Å². The molecule has 4 heteroatoms. The van der Waals surface area contributed by atoms with Crippen molar-refractivity contribution in [1.82, 2.24) is 9.88 Å². The van der Waals surface area contributed by atoms with Crippen LogP contribution in [0.15, 0.2) is 30.5 Å². The third-order valence-corrected chi connectivity index (χ3v) is 3.76. The van der Waals surface area contributed by atoms with Gasteiger partial charge in [-0.25, -0.2) is 0 Å². The topological polar surface area (TPSA) is 53.2 Å². The highest BCUT2D eigenvalue weighted by Gasteiger charge is 2.41. The fourth-order valence-electron chi connectivity index (χ4n) is 2.76. The van der Waals surface area contributed by atoms with E-state index in [1.807, 2.05) is 38.1 Å². The number of carbonyl (C=O) groups is 2. The summed E-state index contributed by atoms with van der Waals surface area (Å²) < 4.78 is 0. The number of Topliss-reactive ketones (excluding diaryl/α,β-unsaturated/α-hetero) is 1. The average Bonchev–Trinajstić information content (AvgIpc) is 2.89. The van der Waals surface area contributed by atoms with Crippen LogP contribution < -0.4 is 0 Å². The van der Waals surface area contributed by atoms with Gasteiger partial charge in [0.2, 0.25) is 0 Å².